The molecule has 128 valence electrons. The number of carboxylic acid groups (broad SMARTS) is 1. The van der Waals surface area contributed by atoms with E-state index in [1.54, 1.807) is 0 Å². The number of nitrogens with one attached hydrogen (secondary N) is 1. The van der Waals surface area contributed by atoms with E-state index in [0.717, 1.165) is 0 Å². The Labute approximate surface area is 127 Å². The van der Waals surface area contributed by atoms with Gasteiger partial charge in [-0.05, 0) is 0 Å². The molecule has 5 N–H and O–H groups in total. The molecule has 0 radical (unpaired) electrons. The predicted octanol–water partition coefficient (Wildman–Crippen LogP) is -2.01. The van der Waals surface area contributed by atoms with E-state index < -0.39 is 55.8 Å². The number of aromatic nitrogens is 2. The van der Waals surface area contributed by atoms with Crippen LogP contribution in [0.4, 0.5) is 0 Å². The summed E-state index contributed by atoms with van der Waals surface area (Å²) in [6, 6.07) is 0.680. The van der Waals surface area contributed by atoms with Gasteiger partial charge in [-0.15, -0.1) is 0 Å². The van der Waals surface area contributed by atoms with E-state index in [1.807, 2.05) is 4.98 Å². The van der Waals surface area contributed by atoms with E-state index in [9.17, 15) is 24.1 Å². The Kier molecular flexibility index (Phi) is 4.84. The first-order chi connectivity index (χ1) is 10.6. The number of phosphoric ester groups is 1. The fourth-order valence-corrected chi connectivity index (χ4v) is 2.49. The SMILES string of the molecule is O=C(O)c1cc(=O)[nH]c(=O)n1[C@H]1C[C@H](O)[C@@H](COP(=O)(O)O)O1. The Morgan fingerprint density at radius 2 is 2.13 bits per heavy atom. The molecule has 1 fully saturated rings. The summed E-state index contributed by atoms with van der Waals surface area (Å²) in [5.41, 5.74) is -2.61. The number of phosphoric acid groups is 1. The van der Waals surface area contributed by atoms with Gasteiger partial charge in [0.1, 0.15) is 18.0 Å². The summed E-state index contributed by atoms with van der Waals surface area (Å²) in [4.78, 5) is 53.3. The van der Waals surface area contributed by atoms with Gasteiger partial charge in [-0.25, -0.2) is 14.2 Å². The number of aromatic amines is 1. The third-order valence-corrected chi connectivity index (χ3v) is 3.58. The molecule has 3 atom stereocenters. The zero-order valence-electron chi connectivity index (χ0n) is 11.4. The van der Waals surface area contributed by atoms with Crippen molar-refractivity contribution in [1.82, 2.24) is 9.55 Å². The Morgan fingerprint density at radius 3 is 2.70 bits per heavy atom. The number of ether oxygens (including phenoxy) is 1. The Morgan fingerprint density at radius 1 is 1.48 bits per heavy atom. The number of hydrogen-bond acceptors (Lipinski definition) is 7. The van der Waals surface area contributed by atoms with Crippen LogP contribution in [0.5, 0.6) is 0 Å². The number of aliphatic hydroxyl groups excluding tert-OH is 1. The molecule has 0 spiro atoms. The number of aromatic carboxylic acids is 1. The molecule has 23 heavy (non-hydrogen) atoms. The van der Waals surface area contributed by atoms with Crippen LogP contribution in [0.2, 0.25) is 0 Å². The van der Waals surface area contributed by atoms with Crippen molar-refractivity contribution >= 4 is 13.8 Å². The quantitative estimate of drug-likeness (QED) is 0.370. The maximum atomic E-state index is 11.8. The highest BCUT2D eigenvalue weighted by atomic mass is 31.2. The topological polar surface area (TPSA) is 188 Å². The van der Waals surface area contributed by atoms with Gasteiger partial charge in [-0.2, -0.15) is 0 Å². The largest absolute Gasteiger partial charge is 0.477 e. The van der Waals surface area contributed by atoms with Crippen LogP contribution in [0.25, 0.3) is 0 Å². The normalized spacial score (nSPS) is 24.7. The lowest BCUT2D eigenvalue weighted by Gasteiger charge is -2.17. The highest BCUT2D eigenvalue weighted by molar-refractivity contribution is 7.46. The summed E-state index contributed by atoms with van der Waals surface area (Å²) in [7, 11) is -4.78. The van der Waals surface area contributed by atoms with Crippen LogP contribution in [0.3, 0.4) is 0 Å². The van der Waals surface area contributed by atoms with Crippen LogP contribution in [-0.2, 0) is 13.8 Å². The first kappa shape index (κ1) is 17.5. The molecule has 1 aromatic rings. The van der Waals surface area contributed by atoms with Gasteiger partial charge < -0.3 is 24.7 Å². The second kappa shape index (κ2) is 6.35. The monoisotopic (exact) mass is 352 g/mol. The minimum Gasteiger partial charge on any atom is -0.477 e. The van der Waals surface area contributed by atoms with E-state index in [2.05, 4.69) is 4.52 Å². The van der Waals surface area contributed by atoms with Crippen molar-refractivity contribution in [1.29, 1.82) is 0 Å². The standard InChI is InChI=1S/C10H13N2O10P/c13-5-2-8(22-6(5)3-21-23(18,19)20)12-4(9(15)16)1-7(14)11-10(12)17/h1,5-6,8,13H,2-3H2,(H,15,16)(H,11,14,17)(H2,18,19,20)/t5-,6+,8+/m0/s1. The smallest absolute Gasteiger partial charge is 0.469 e. The molecular weight excluding hydrogens is 339 g/mol. The van der Waals surface area contributed by atoms with Crippen molar-refractivity contribution in [3.05, 3.63) is 32.6 Å². The minimum absolute atomic E-state index is 0.235. The van der Waals surface area contributed by atoms with Crippen LogP contribution >= 0.6 is 7.82 Å². The number of nitrogens with zero attached hydrogens (tertiary/aromatic N) is 1. The van der Waals surface area contributed by atoms with E-state index in [4.69, 9.17) is 19.6 Å². The van der Waals surface area contributed by atoms with Crippen LogP contribution in [0, 0.1) is 0 Å². The zero-order chi connectivity index (χ0) is 17.4. The Bertz CT molecular complexity index is 764. The average Bonchev–Trinajstić information content (AvgIpc) is 2.75. The summed E-state index contributed by atoms with van der Waals surface area (Å²) in [5, 5.41) is 18.9. The molecule has 0 bridgehead atoms. The van der Waals surface area contributed by atoms with Crippen LogP contribution in [0.1, 0.15) is 23.1 Å². The number of H-pyrrole nitrogens is 1. The molecule has 1 aromatic heterocycles. The van der Waals surface area contributed by atoms with Crippen molar-refractivity contribution < 1.29 is 38.6 Å². The number of carboxylic acids is 1. The number of carbonyl (C=O) groups is 1. The molecular formula is C10H13N2O10P. The second-order valence-corrected chi connectivity index (χ2v) is 5.96. The lowest BCUT2D eigenvalue weighted by Crippen LogP contribution is -2.36. The second-order valence-electron chi connectivity index (χ2n) is 4.72. The molecule has 1 aliphatic heterocycles. The Hall–Kier alpha value is -1.82. The summed E-state index contributed by atoms with van der Waals surface area (Å²) < 4.78 is 20.7. The van der Waals surface area contributed by atoms with Crippen LogP contribution in [0.15, 0.2) is 15.7 Å². The van der Waals surface area contributed by atoms with Crippen LogP contribution in [-0.4, -0.2) is 54.3 Å². The lowest BCUT2D eigenvalue weighted by atomic mass is 10.2. The van der Waals surface area contributed by atoms with Gasteiger partial charge in [0.15, 0.2) is 0 Å². The van der Waals surface area contributed by atoms with Crippen molar-refractivity contribution in [3.63, 3.8) is 0 Å². The molecule has 1 aliphatic rings. The summed E-state index contributed by atoms with van der Waals surface area (Å²) in [6.07, 6.45) is -3.92. The minimum atomic E-state index is -4.78. The molecule has 1 saturated heterocycles. The van der Waals surface area contributed by atoms with Crippen molar-refractivity contribution in [3.8, 4) is 0 Å². The highest BCUT2D eigenvalue weighted by Crippen LogP contribution is 2.38. The Balaban J connectivity index is 2.28. The third kappa shape index (κ3) is 4.13. The molecule has 12 nitrogen and oxygen atoms in total. The van der Waals surface area contributed by atoms with Crippen molar-refractivity contribution in [2.24, 2.45) is 0 Å². The van der Waals surface area contributed by atoms with Gasteiger partial charge in [0.05, 0.1) is 12.7 Å². The van der Waals surface area contributed by atoms with E-state index in [1.165, 1.54) is 0 Å². The summed E-state index contributed by atoms with van der Waals surface area (Å²) in [6.45, 7) is -0.664. The lowest BCUT2D eigenvalue weighted by molar-refractivity contribution is -0.0459. The average molecular weight is 352 g/mol. The molecule has 0 unspecified atom stereocenters. The number of aliphatic hydroxyl groups is 1. The summed E-state index contributed by atoms with van der Waals surface area (Å²) in [5.74, 6) is -1.55. The van der Waals surface area contributed by atoms with Gasteiger partial charge in [-0.3, -0.25) is 18.9 Å². The molecule has 13 heteroatoms. The molecule has 0 aliphatic carbocycles. The van der Waals surface area contributed by atoms with Crippen molar-refractivity contribution in [2.75, 3.05) is 6.61 Å². The van der Waals surface area contributed by atoms with E-state index >= 15 is 0 Å². The molecule has 0 saturated carbocycles. The van der Waals surface area contributed by atoms with Gasteiger partial charge in [0.2, 0.25) is 0 Å². The van der Waals surface area contributed by atoms with Crippen molar-refractivity contribution in [2.45, 2.75) is 24.9 Å². The van der Waals surface area contributed by atoms with Gasteiger partial charge in [-0.1, -0.05) is 0 Å². The van der Waals surface area contributed by atoms with Gasteiger partial charge in [0, 0.05) is 12.5 Å². The fraction of sp³-hybridized carbons (Fsp3) is 0.500. The van der Waals surface area contributed by atoms with E-state index in [-0.39, 0.29) is 6.42 Å². The first-order valence-electron chi connectivity index (χ1n) is 6.21. The number of hydrogen-bond donors (Lipinski definition) is 5. The number of rotatable bonds is 5. The van der Waals surface area contributed by atoms with Crippen LogP contribution < -0.4 is 11.2 Å². The molecule has 0 aromatic carbocycles. The molecule has 2 heterocycles. The zero-order valence-corrected chi connectivity index (χ0v) is 12.3. The van der Waals surface area contributed by atoms with Gasteiger partial charge in [0.25, 0.3) is 5.56 Å². The predicted molar refractivity (Wildman–Crippen MR) is 70.8 cm³/mol. The molecule has 0 amide bonds. The fourth-order valence-electron chi connectivity index (χ4n) is 2.15. The van der Waals surface area contributed by atoms with Gasteiger partial charge >= 0.3 is 19.5 Å². The maximum Gasteiger partial charge on any atom is 0.469 e. The summed E-state index contributed by atoms with van der Waals surface area (Å²) >= 11 is 0. The highest BCUT2D eigenvalue weighted by Gasteiger charge is 2.38. The third-order valence-electron chi connectivity index (χ3n) is 3.09. The maximum absolute atomic E-state index is 11.8. The van der Waals surface area contributed by atoms with E-state index in [0.29, 0.717) is 10.6 Å². The molecule has 2 rings (SSSR count). The first-order valence-corrected chi connectivity index (χ1v) is 7.74.